The van der Waals surface area contributed by atoms with Crippen molar-refractivity contribution in [3.05, 3.63) is 34.2 Å². The van der Waals surface area contributed by atoms with Crippen molar-refractivity contribution in [1.29, 1.82) is 0 Å². The zero-order valence-corrected chi connectivity index (χ0v) is 12.4. The average molecular weight is 328 g/mol. The first kappa shape index (κ1) is 14.0. The maximum absolute atomic E-state index is 13.9. The van der Waals surface area contributed by atoms with E-state index in [1.54, 1.807) is 23.9 Å². The summed E-state index contributed by atoms with van der Waals surface area (Å²) in [5.41, 5.74) is 7.87. The molecule has 0 fully saturated rings. The molecule has 0 saturated heterocycles. The lowest BCUT2D eigenvalue weighted by molar-refractivity contribution is 0.321. The summed E-state index contributed by atoms with van der Waals surface area (Å²) in [5.74, 6) is -0.134. The summed E-state index contributed by atoms with van der Waals surface area (Å²) < 4.78 is 21.5. The lowest BCUT2D eigenvalue weighted by Crippen LogP contribution is -1.99. The van der Waals surface area contributed by atoms with Crippen molar-refractivity contribution < 1.29 is 9.13 Å². The molecule has 4 nitrogen and oxygen atoms in total. The number of aryl methyl sites for hydroxylation is 1. The molecule has 102 valence electrons. The van der Waals surface area contributed by atoms with E-state index >= 15 is 0 Å². The molecular weight excluding hydrogens is 313 g/mol. The maximum Gasteiger partial charge on any atom is 0.165 e. The minimum atomic E-state index is -0.387. The summed E-state index contributed by atoms with van der Waals surface area (Å²) in [5, 5.41) is 4.28. The second-order valence-corrected chi connectivity index (χ2v) is 4.81. The van der Waals surface area contributed by atoms with E-state index in [2.05, 4.69) is 21.0 Å². The van der Waals surface area contributed by atoms with Gasteiger partial charge in [0.05, 0.1) is 22.5 Å². The van der Waals surface area contributed by atoms with Gasteiger partial charge >= 0.3 is 0 Å². The number of hydrogen-bond acceptors (Lipinski definition) is 3. The standard InChI is InChI=1S/C13H15BrFN3O/c1-3-19-11-5-4-8(6-9(11)15)13-12(14)10(7-16)17-18(13)2/h4-6H,3,7,16H2,1-2H3. The molecule has 0 aliphatic heterocycles. The predicted octanol–water partition coefficient (Wildman–Crippen LogP) is 2.85. The van der Waals surface area contributed by atoms with Crippen LogP contribution in [0.2, 0.25) is 0 Å². The molecule has 1 aromatic carbocycles. The number of benzene rings is 1. The number of ether oxygens (including phenoxy) is 1. The normalized spacial score (nSPS) is 10.8. The zero-order valence-electron chi connectivity index (χ0n) is 10.8. The predicted molar refractivity (Wildman–Crippen MR) is 75.4 cm³/mol. The molecule has 0 radical (unpaired) electrons. The Morgan fingerprint density at radius 3 is 2.74 bits per heavy atom. The van der Waals surface area contributed by atoms with Crippen LogP contribution in [0.4, 0.5) is 4.39 Å². The molecule has 2 rings (SSSR count). The van der Waals surface area contributed by atoms with Gasteiger partial charge in [-0.05, 0) is 41.1 Å². The molecule has 2 N–H and O–H groups in total. The highest BCUT2D eigenvalue weighted by Gasteiger charge is 2.16. The highest BCUT2D eigenvalue weighted by Crippen LogP contribution is 2.32. The Morgan fingerprint density at radius 1 is 1.47 bits per heavy atom. The summed E-state index contributed by atoms with van der Waals surface area (Å²) in [6, 6.07) is 4.86. The molecule has 0 unspecified atom stereocenters. The van der Waals surface area contributed by atoms with Crippen LogP contribution in [-0.4, -0.2) is 16.4 Å². The Labute approximate surface area is 119 Å². The van der Waals surface area contributed by atoms with Gasteiger partial charge in [0.2, 0.25) is 0 Å². The first-order valence-electron chi connectivity index (χ1n) is 5.92. The molecular formula is C13H15BrFN3O. The van der Waals surface area contributed by atoms with E-state index < -0.39 is 0 Å². The van der Waals surface area contributed by atoms with Crippen LogP contribution in [0, 0.1) is 5.82 Å². The Bertz CT molecular complexity index is 598. The molecule has 0 aliphatic carbocycles. The van der Waals surface area contributed by atoms with Gasteiger partial charge in [-0.15, -0.1) is 0 Å². The molecule has 19 heavy (non-hydrogen) atoms. The molecule has 0 spiro atoms. The Hall–Kier alpha value is -1.40. The summed E-state index contributed by atoms with van der Waals surface area (Å²) in [6.45, 7) is 2.58. The molecule has 0 bridgehead atoms. The quantitative estimate of drug-likeness (QED) is 0.939. The van der Waals surface area contributed by atoms with E-state index in [0.717, 1.165) is 21.4 Å². The Morgan fingerprint density at radius 2 is 2.21 bits per heavy atom. The van der Waals surface area contributed by atoms with Crippen LogP contribution in [0.5, 0.6) is 5.75 Å². The molecule has 1 aromatic heterocycles. The fourth-order valence-corrected chi connectivity index (χ4v) is 2.65. The van der Waals surface area contributed by atoms with E-state index in [1.807, 2.05) is 6.92 Å². The van der Waals surface area contributed by atoms with Gasteiger partial charge in [0.1, 0.15) is 0 Å². The minimum absolute atomic E-state index is 0.253. The highest BCUT2D eigenvalue weighted by atomic mass is 79.9. The number of hydrogen-bond donors (Lipinski definition) is 1. The van der Waals surface area contributed by atoms with Crippen molar-refractivity contribution in [3.8, 4) is 17.0 Å². The van der Waals surface area contributed by atoms with E-state index in [1.165, 1.54) is 6.07 Å². The van der Waals surface area contributed by atoms with Crippen LogP contribution in [-0.2, 0) is 13.6 Å². The van der Waals surface area contributed by atoms with Crippen molar-refractivity contribution in [2.75, 3.05) is 6.61 Å². The third kappa shape index (κ3) is 2.64. The van der Waals surface area contributed by atoms with Crippen molar-refractivity contribution in [2.24, 2.45) is 12.8 Å². The molecule has 0 atom stereocenters. The number of aromatic nitrogens is 2. The summed E-state index contributed by atoms with van der Waals surface area (Å²) in [7, 11) is 1.80. The fraction of sp³-hybridized carbons (Fsp3) is 0.308. The highest BCUT2D eigenvalue weighted by molar-refractivity contribution is 9.10. The van der Waals surface area contributed by atoms with Crippen LogP contribution in [0.15, 0.2) is 22.7 Å². The lowest BCUT2D eigenvalue weighted by atomic mass is 10.1. The SMILES string of the molecule is CCOc1ccc(-c2c(Br)c(CN)nn2C)cc1F. The first-order chi connectivity index (χ1) is 9.08. The number of nitrogens with two attached hydrogens (primary N) is 1. The van der Waals surface area contributed by atoms with E-state index in [4.69, 9.17) is 10.5 Å². The topological polar surface area (TPSA) is 53.1 Å². The molecule has 0 saturated carbocycles. The third-order valence-corrected chi connectivity index (χ3v) is 3.59. The molecule has 1 heterocycles. The van der Waals surface area contributed by atoms with Crippen molar-refractivity contribution in [2.45, 2.75) is 13.5 Å². The molecule has 0 aliphatic rings. The maximum atomic E-state index is 13.9. The van der Waals surface area contributed by atoms with Crippen molar-refractivity contribution >= 4 is 15.9 Å². The molecule has 2 aromatic rings. The minimum Gasteiger partial charge on any atom is -0.491 e. The average Bonchev–Trinajstić information content (AvgIpc) is 2.67. The summed E-state index contributed by atoms with van der Waals surface area (Å²) >= 11 is 3.46. The van der Waals surface area contributed by atoms with E-state index in [0.29, 0.717) is 13.2 Å². The van der Waals surface area contributed by atoms with Gasteiger partial charge in [0.25, 0.3) is 0 Å². The van der Waals surface area contributed by atoms with E-state index in [9.17, 15) is 4.39 Å². The van der Waals surface area contributed by atoms with Gasteiger partial charge < -0.3 is 10.5 Å². The zero-order chi connectivity index (χ0) is 14.0. The number of nitrogens with zero attached hydrogens (tertiary/aromatic N) is 2. The second-order valence-electron chi connectivity index (χ2n) is 4.02. The van der Waals surface area contributed by atoms with Gasteiger partial charge in [0, 0.05) is 19.2 Å². The van der Waals surface area contributed by atoms with Gasteiger partial charge in [-0.3, -0.25) is 4.68 Å². The van der Waals surface area contributed by atoms with Crippen LogP contribution < -0.4 is 10.5 Å². The lowest BCUT2D eigenvalue weighted by Gasteiger charge is -2.07. The molecule has 6 heteroatoms. The first-order valence-corrected chi connectivity index (χ1v) is 6.72. The van der Waals surface area contributed by atoms with Gasteiger partial charge in [-0.25, -0.2) is 4.39 Å². The van der Waals surface area contributed by atoms with Crippen LogP contribution in [0.25, 0.3) is 11.3 Å². The van der Waals surface area contributed by atoms with Gasteiger partial charge in [-0.1, -0.05) is 0 Å². The van der Waals surface area contributed by atoms with Crippen LogP contribution in [0.1, 0.15) is 12.6 Å². The number of rotatable bonds is 4. The fourth-order valence-electron chi connectivity index (χ4n) is 1.92. The van der Waals surface area contributed by atoms with Crippen molar-refractivity contribution in [1.82, 2.24) is 9.78 Å². The Balaban J connectivity index is 2.48. The third-order valence-electron chi connectivity index (χ3n) is 2.75. The van der Waals surface area contributed by atoms with Crippen molar-refractivity contribution in [3.63, 3.8) is 0 Å². The number of halogens is 2. The second kappa shape index (κ2) is 5.71. The molecule has 0 amide bonds. The smallest absolute Gasteiger partial charge is 0.165 e. The largest absolute Gasteiger partial charge is 0.491 e. The Kier molecular flexibility index (Phi) is 4.21. The van der Waals surface area contributed by atoms with Crippen LogP contribution in [0.3, 0.4) is 0 Å². The van der Waals surface area contributed by atoms with Crippen LogP contribution >= 0.6 is 15.9 Å². The summed E-state index contributed by atoms with van der Waals surface area (Å²) in [4.78, 5) is 0. The summed E-state index contributed by atoms with van der Waals surface area (Å²) in [6.07, 6.45) is 0. The van der Waals surface area contributed by atoms with E-state index in [-0.39, 0.29) is 11.6 Å². The van der Waals surface area contributed by atoms with Gasteiger partial charge in [0.15, 0.2) is 11.6 Å². The monoisotopic (exact) mass is 327 g/mol. The van der Waals surface area contributed by atoms with Gasteiger partial charge in [-0.2, -0.15) is 5.10 Å².